The van der Waals surface area contributed by atoms with Crippen molar-refractivity contribution in [3.8, 4) is 5.88 Å². The van der Waals surface area contributed by atoms with Crippen molar-refractivity contribution >= 4 is 28.6 Å². The molecule has 0 aliphatic heterocycles. The van der Waals surface area contributed by atoms with Gasteiger partial charge < -0.3 is 9.47 Å². The zero-order valence-corrected chi connectivity index (χ0v) is 12.1. The van der Waals surface area contributed by atoms with E-state index in [1.165, 1.54) is 11.7 Å². The number of benzene rings is 1. The van der Waals surface area contributed by atoms with Gasteiger partial charge in [0.05, 0.1) is 12.6 Å². The lowest BCUT2D eigenvalue weighted by Crippen LogP contribution is -2.27. The third-order valence-electron chi connectivity index (χ3n) is 2.52. The van der Waals surface area contributed by atoms with Crippen molar-refractivity contribution in [2.45, 2.75) is 26.4 Å². The van der Waals surface area contributed by atoms with Crippen LogP contribution in [-0.4, -0.2) is 23.4 Å². The molecule has 0 amide bonds. The van der Waals surface area contributed by atoms with Crippen LogP contribution in [0, 0.1) is 0 Å². The Morgan fingerprint density at radius 2 is 1.95 bits per heavy atom. The SMILES string of the molecule is COc1cc2ccc(Cl)cc2n1C(=O)OC(C)(C)C. The van der Waals surface area contributed by atoms with Gasteiger partial charge in [0.15, 0.2) is 0 Å². The molecule has 0 spiro atoms. The first-order valence-corrected chi connectivity index (χ1v) is 6.28. The van der Waals surface area contributed by atoms with E-state index in [0.29, 0.717) is 16.4 Å². The normalized spacial score (nSPS) is 11.6. The summed E-state index contributed by atoms with van der Waals surface area (Å²) in [4.78, 5) is 12.2. The quantitative estimate of drug-likeness (QED) is 0.790. The molecular weight excluding hydrogens is 266 g/mol. The lowest BCUT2D eigenvalue weighted by Gasteiger charge is -2.20. The number of rotatable bonds is 1. The number of ether oxygens (including phenoxy) is 2. The standard InChI is InChI=1S/C14H16ClNO3/c1-14(2,3)19-13(17)16-11-8-10(15)6-5-9(11)7-12(16)18-4/h5-8H,1-4H3. The Hall–Kier alpha value is -1.68. The molecule has 0 fully saturated rings. The van der Waals surface area contributed by atoms with E-state index < -0.39 is 11.7 Å². The number of carbonyl (C=O) groups is 1. The monoisotopic (exact) mass is 281 g/mol. The summed E-state index contributed by atoms with van der Waals surface area (Å²) in [7, 11) is 1.51. The van der Waals surface area contributed by atoms with Gasteiger partial charge in [-0.05, 0) is 32.9 Å². The minimum atomic E-state index is -0.572. The topological polar surface area (TPSA) is 40.5 Å². The number of halogens is 1. The van der Waals surface area contributed by atoms with Crippen LogP contribution in [-0.2, 0) is 4.74 Å². The molecule has 2 aromatic rings. The Labute approximate surface area is 116 Å². The highest BCUT2D eigenvalue weighted by Crippen LogP contribution is 2.28. The average molecular weight is 282 g/mol. The summed E-state index contributed by atoms with van der Waals surface area (Å²) in [6.45, 7) is 5.45. The van der Waals surface area contributed by atoms with E-state index in [9.17, 15) is 4.79 Å². The number of methoxy groups -OCH3 is 1. The second kappa shape index (κ2) is 4.78. The van der Waals surface area contributed by atoms with Crippen molar-refractivity contribution in [2.75, 3.05) is 7.11 Å². The molecule has 0 unspecified atom stereocenters. The van der Waals surface area contributed by atoms with Gasteiger partial charge >= 0.3 is 6.09 Å². The highest BCUT2D eigenvalue weighted by molar-refractivity contribution is 6.31. The summed E-state index contributed by atoms with van der Waals surface area (Å²) in [6.07, 6.45) is -0.485. The van der Waals surface area contributed by atoms with Gasteiger partial charge in [-0.1, -0.05) is 17.7 Å². The molecular formula is C14H16ClNO3. The molecule has 0 aliphatic rings. The van der Waals surface area contributed by atoms with E-state index in [4.69, 9.17) is 21.1 Å². The Morgan fingerprint density at radius 1 is 1.26 bits per heavy atom. The first-order chi connectivity index (χ1) is 8.81. The molecule has 0 N–H and O–H groups in total. The lowest BCUT2D eigenvalue weighted by atomic mass is 10.2. The van der Waals surface area contributed by atoms with E-state index in [-0.39, 0.29) is 0 Å². The van der Waals surface area contributed by atoms with Crippen molar-refractivity contribution in [1.82, 2.24) is 4.57 Å². The summed E-state index contributed by atoms with van der Waals surface area (Å²) >= 11 is 5.97. The predicted molar refractivity (Wildman–Crippen MR) is 75.1 cm³/mol. The highest BCUT2D eigenvalue weighted by Gasteiger charge is 2.22. The molecule has 1 heterocycles. The van der Waals surface area contributed by atoms with Crippen LogP contribution in [0.25, 0.3) is 10.9 Å². The van der Waals surface area contributed by atoms with Crippen molar-refractivity contribution < 1.29 is 14.3 Å². The summed E-state index contributed by atoms with van der Waals surface area (Å²) in [5.74, 6) is 0.423. The molecule has 5 heteroatoms. The molecule has 1 aromatic carbocycles. The third-order valence-corrected chi connectivity index (χ3v) is 2.75. The fourth-order valence-corrected chi connectivity index (χ4v) is 1.96. The van der Waals surface area contributed by atoms with Crippen LogP contribution >= 0.6 is 11.6 Å². The van der Waals surface area contributed by atoms with Crippen LogP contribution in [0.3, 0.4) is 0 Å². The van der Waals surface area contributed by atoms with Gasteiger partial charge in [0, 0.05) is 16.5 Å². The van der Waals surface area contributed by atoms with E-state index in [2.05, 4.69) is 0 Å². The molecule has 0 saturated heterocycles. The first-order valence-electron chi connectivity index (χ1n) is 5.90. The highest BCUT2D eigenvalue weighted by atomic mass is 35.5. The van der Waals surface area contributed by atoms with Gasteiger partial charge in [-0.2, -0.15) is 0 Å². The fraction of sp³-hybridized carbons (Fsp3) is 0.357. The Balaban J connectivity index is 2.56. The van der Waals surface area contributed by atoms with Gasteiger partial charge in [-0.15, -0.1) is 0 Å². The largest absolute Gasteiger partial charge is 0.482 e. The third kappa shape index (κ3) is 2.84. The smallest absolute Gasteiger partial charge is 0.421 e. The minimum Gasteiger partial charge on any atom is -0.482 e. The summed E-state index contributed by atoms with van der Waals surface area (Å²) in [6, 6.07) is 7.09. The average Bonchev–Trinajstić information content (AvgIpc) is 2.64. The number of carbonyl (C=O) groups excluding carboxylic acids is 1. The van der Waals surface area contributed by atoms with Crippen molar-refractivity contribution in [1.29, 1.82) is 0 Å². The van der Waals surface area contributed by atoms with Crippen LogP contribution in [0.1, 0.15) is 20.8 Å². The summed E-state index contributed by atoms with van der Waals surface area (Å²) < 4.78 is 12.0. The molecule has 2 rings (SSSR count). The number of hydrogen-bond donors (Lipinski definition) is 0. The molecule has 19 heavy (non-hydrogen) atoms. The molecule has 0 saturated carbocycles. The Morgan fingerprint density at radius 3 is 2.53 bits per heavy atom. The van der Waals surface area contributed by atoms with Crippen LogP contribution in [0.5, 0.6) is 5.88 Å². The molecule has 0 atom stereocenters. The van der Waals surface area contributed by atoms with E-state index in [0.717, 1.165) is 5.39 Å². The molecule has 1 aromatic heterocycles. The number of nitrogens with zero attached hydrogens (tertiary/aromatic N) is 1. The number of hydrogen-bond acceptors (Lipinski definition) is 3. The molecule has 4 nitrogen and oxygen atoms in total. The Bertz CT molecular complexity index is 625. The molecule has 0 radical (unpaired) electrons. The summed E-state index contributed by atoms with van der Waals surface area (Å²) in [5.41, 5.74) is 0.0932. The fourth-order valence-electron chi connectivity index (χ4n) is 1.79. The molecule has 0 bridgehead atoms. The zero-order valence-electron chi connectivity index (χ0n) is 11.4. The summed E-state index contributed by atoms with van der Waals surface area (Å²) in [5, 5.41) is 1.42. The minimum absolute atomic E-state index is 0.423. The van der Waals surface area contributed by atoms with E-state index in [1.54, 1.807) is 18.2 Å². The van der Waals surface area contributed by atoms with Gasteiger partial charge in [0.2, 0.25) is 5.88 Å². The van der Waals surface area contributed by atoms with Gasteiger partial charge in [0.25, 0.3) is 0 Å². The van der Waals surface area contributed by atoms with Crippen molar-refractivity contribution in [2.24, 2.45) is 0 Å². The number of fused-ring (bicyclic) bond motifs is 1. The van der Waals surface area contributed by atoms with Crippen LogP contribution in [0.15, 0.2) is 24.3 Å². The second-order valence-corrected chi connectivity index (χ2v) is 5.64. The number of aromatic nitrogens is 1. The van der Waals surface area contributed by atoms with Gasteiger partial charge in [0.1, 0.15) is 5.60 Å². The molecule has 0 aliphatic carbocycles. The van der Waals surface area contributed by atoms with Crippen LogP contribution < -0.4 is 4.74 Å². The van der Waals surface area contributed by atoms with Crippen LogP contribution in [0.4, 0.5) is 4.79 Å². The van der Waals surface area contributed by atoms with Crippen LogP contribution in [0.2, 0.25) is 5.02 Å². The zero-order chi connectivity index (χ0) is 14.2. The maximum Gasteiger partial charge on any atom is 0.421 e. The maximum atomic E-state index is 12.2. The second-order valence-electron chi connectivity index (χ2n) is 5.21. The van der Waals surface area contributed by atoms with E-state index >= 15 is 0 Å². The molecule has 102 valence electrons. The van der Waals surface area contributed by atoms with Crippen molar-refractivity contribution in [3.05, 3.63) is 29.3 Å². The Kier molecular flexibility index (Phi) is 3.45. The van der Waals surface area contributed by atoms with E-state index in [1.807, 2.05) is 26.8 Å². The van der Waals surface area contributed by atoms with Gasteiger partial charge in [-0.3, -0.25) is 0 Å². The first kappa shape index (κ1) is 13.7. The maximum absolute atomic E-state index is 12.2. The van der Waals surface area contributed by atoms with Crippen molar-refractivity contribution in [3.63, 3.8) is 0 Å². The lowest BCUT2D eigenvalue weighted by molar-refractivity contribution is 0.0532. The van der Waals surface area contributed by atoms with Gasteiger partial charge in [-0.25, -0.2) is 9.36 Å². The predicted octanol–water partition coefficient (Wildman–Crippen LogP) is 4.09.